The number of ketones is 1. The molecule has 6 aliphatic carbocycles. The van der Waals surface area contributed by atoms with Crippen LogP contribution >= 0.6 is 0 Å². The predicted molar refractivity (Wildman–Crippen MR) is 174 cm³/mol. The van der Waals surface area contributed by atoms with Gasteiger partial charge in [-0.05, 0) is 67.3 Å². The van der Waals surface area contributed by atoms with Crippen LogP contribution in [0.2, 0.25) is 0 Å². The van der Waals surface area contributed by atoms with E-state index in [1.54, 1.807) is 6.08 Å². The quantitative estimate of drug-likeness (QED) is 0.156. The SMILES string of the molecule is C#C.C#CC(O)(C(F)(F)F)C(F)(F)F.C1=CC2C3C=CC(C3)C2C1.C1CC1.C1CCOC1.O=C(C(F)(F)F)C(F)(F)F.OC(C1=CC2C=CC1C2)(C(F)(F)F)C(F)(F)F. The van der Waals surface area contributed by atoms with E-state index in [1.165, 1.54) is 51.0 Å². The highest BCUT2D eigenvalue weighted by Gasteiger charge is 2.73. The number of aliphatic hydroxyl groups is 2. The van der Waals surface area contributed by atoms with Gasteiger partial charge in [0.25, 0.3) is 5.60 Å². The van der Waals surface area contributed by atoms with Crippen molar-refractivity contribution in [1.82, 2.24) is 0 Å². The zero-order valence-corrected chi connectivity index (χ0v) is 30.3. The lowest BCUT2D eigenvalue weighted by atomic mass is 9.84. The maximum absolute atomic E-state index is 12.5. The number of alkyl halides is 18. The molecule has 4 nitrogen and oxygen atoms in total. The highest BCUT2D eigenvalue weighted by atomic mass is 19.4. The molecule has 336 valence electrons. The van der Waals surface area contributed by atoms with E-state index in [2.05, 4.69) is 43.6 Å². The number of hydrogen-bond donors (Lipinski definition) is 2. The highest BCUT2D eigenvalue weighted by molar-refractivity contribution is 5.89. The number of fused-ring (bicyclic) bond motifs is 7. The van der Waals surface area contributed by atoms with Crippen molar-refractivity contribution in [3.05, 3.63) is 48.1 Å². The molecule has 3 fully saturated rings. The van der Waals surface area contributed by atoms with Crippen LogP contribution in [-0.2, 0) is 9.53 Å². The van der Waals surface area contributed by atoms with E-state index < -0.39 is 71.5 Å². The van der Waals surface area contributed by atoms with E-state index in [0.717, 1.165) is 43.0 Å². The molecule has 0 spiro atoms. The molecule has 0 amide bonds. The second-order valence-electron chi connectivity index (χ2n) is 13.6. The van der Waals surface area contributed by atoms with Crippen LogP contribution < -0.4 is 0 Å². The molecule has 7 aliphatic rings. The Morgan fingerprint density at radius 3 is 1.34 bits per heavy atom. The number of hydrogen-bond acceptors (Lipinski definition) is 4. The van der Waals surface area contributed by atoms with Crippen LogP contribution in [0.25, 0.3) is 0 Å². The fourth-order valence-electron chi connectivity index (χ4n) is 6.28. The van der Waals surface area contributed by atoms with E-state index in [4.69, 9.17) is 14.9 Å². The zero-order valence-electron chi connectivity index (χ0n) is 30.3. The van der Waals surface area contributed by atoms with Crippen LogP contribution in [0.15, 0.2) is 48.1 Å². The predicted octanol–water partition coefficient (Wildman–Crippen LogP) is 10.7. The molecule has 1 aliphatic heterocycles. The average molecular weight is 889 g/mol. The van der Waals surface area contributed by atoms with E-state index in [1.807, 2.05) is 0 Å². The number of carbonyl (C=O) groups is 1. The molecule has 2 saturated carbocycles. The summed E-state index contributed by atoms with van der Waals surface area (Å²) in [6.07, 6.45) is 0.353. The van der Waals surface area contributed by atoms with Crippen molar-refractivity contribution in [3.8, 4) is 25.2 Å². The van der Waals surface area contributed by atoms with Gasteiger partial charge >= 0.3 is 48.4 Å². The van der Waals surface area contributed by atoms with Gasteiger partial charge in [-0.25, -0.2) is 0 Å². The Labute approximate surface area is 326 Å². The summed E-state index contributed by atoms with van der Waals surface area (Å²) >= 11 is 0. The van der Waals surface area contributed by atoms with Crippen LogP contribution in [0.5, 0.6) is 0 Å². The van der Waals surface area contributed by atoms with Crippen LogP contribution in [0.4, 0.5) is 79.0 Å². The summed E-state index contributed by atoms with van der Waals surface area (Å²) in [6, 6.07) is 0. The van der Waals surface area contributed by atoms with Crippen molar-refractivity contribution in [3.63, 3.8) is 0 Å². The maximum atomic E-state index is 12.5. The second kappa shape index (κ2) is 20.3. The van der Waals surface area contributed by atoms with Crippen LogP contribution in [-0.4, -0.2) is 77.5 Å². The number of terminal acetylenes is 2. The Morgan fingerprint density at radius 1 is 0.627 bits per heavy atom. The summed E-state index contributed by atoms with van der Waals surface area (Å²) in [5, 5.41) is 17.2. The van der Waals surface area contributed by atoms with Crippen molar-refractivity contribution in [2.75, 3.05) is 13.2 Å². The third kappa shape index (κ3) is 14.0. The lowest BCUT2D eigenvalue weighted by Crippen LogP contribution is -2.58. The molecule has 4 bridgehead atoms. The van der Waals surface area contributed by atoms with Gasteiger partial charge in [-0.15, -0.1) is 19.3 Å². The third-order valence-electron chi connectivity index (χ3n) is 9.33. The van der Waals surface area contributed by atoms with Crippen molar-refractivity contribution >= 4 is 5.78 Å². The first kappa shape index (κ1) is 53.4. The lowest BCUT2D eigenvalue weighted by molar-refractivity contribution is -0.353. The number of ether oxygens (including phenoxy) is 1. The Balaban J connectivity index is 0.000000370. The first-order valence-electron chi connectivity index (χ1n) is 17.3. The molecule has 0 aromatic heterocycles. The van der Waals surface area contributed by atoms with Crippen molar-refractivity contribution < 1.29 is 98.8 Å². The maximum Gasteiger partial charge on any atom is 0.459 e. The molecule has 1 heterocycles. The van der Waals surface area contributed by atoms with Gasteiger partial charge in [0.15, 0.2) is 0 Å². The van der Waals surface area contributed by atoms with Gasteiger partial charge in [-0.3, -0.25) is 4.79 Å². The fraction of sp³-hybridized carbons (Fsp3) is 0.649. The molecule has 22 heteroatoms. The molecule has 0 radical (unpaired) electrons. The highest BCUT2D eigenvalue weighted by Crippen LogP contribution is 2.55. The van der Waals surface area contributed by atoms with E-state index >= 15 is 0 Å². The van der Waals surface area contributed by atoms with Crippen LogP contribution in [0.3, 0.4) is 0 Å². The summed E-state index contributed by atoms with van der Waals surface area (Å²) in [5.74, 6) is -1.01. The smallest absolute Gasteiger partial charge is 0.381 e. The Morgan fingerprint density at radius 2 is 1.08 bits per heavy atom. The Hall–Kier alpha value is -3.63. The fourth-order valence-corrected chi connectivity index (χ4v) is 6.28. The van der Waals surface area contributed by atoms with E-state index in [9.17, 15) is 83.8 Å². The number of carbonyl (C=O) groups excluding carboxylic acids is 1. The number of rotatable bonds is 1. The Kier molecular flexibility index (Phi) is 18.4. The van der Waals surface area contributed by atoms with E-state index in [0.29, 0.717) is 0 Å². The molecule has 1 saturated heterocycles. The molecule has 59 heavy (non-hydrogen) atoms. The molecule has 6 atom stereocenters. The third-order valence-corrected chi connectivity index (χ3v) is 9.33. The van der Waals surface area contributed by atoms with Gasteiger partial charge < -0.3 is 14.9 Å². The summed E-state index contributed by atoms with van der Waals surface area (Å²) < 4.78 is 214. The zero-order chi connectivity index (χ0) is 46.1. The number of halogens is 18. The summed E-state index contributed by atoms with van der Waals surface area (Å²) in [4.78, 5) is 9.24. The normalized spacial score (nSPS) is 25.9. The molecular formula is C37H38F18O4. The molecule has 7 rings (SSSR count). The number of Topliss-reactive ketones (excluding diaryl/α,β-unsaturated/α-hetero) is 1. The van der Waals surface area contributed by atoms with Gasteiger partial charge in [0.2, 0.25) is 0 Å². The van der Waals surface area contributed by atoms with Gasteiger partial charge in [0, 0.05) is 19.1 Å². The average Bonchev–Trinajstić information content (AvgIpc) is 3.75. The van der Waals surface area contributed by atoms with E-state index in [-0.39, 0.29) is 12.3 Å². The molecule has 0 aromatic rings. The summed E-state index contributed by atoms with van der Waals surface area (Å²) in [6.45, 7) is 2.00. The minimum Gasteiger partial charge on any atom is -0.381 e. The molecule has 2 N–H and O–H groups in total. The monoisotopic (exact) mass is 888 g/mol. The minimum atomic E-state index is -5.92. The van der Waals surface area contributed by atoms with Crippen LogP contribution in [0.1, 0.15) is 51.4 Å². The molecule has 6 unspecified atom stereocenters. The van der Waals surface area contributed by atoms with Gasteiger partial charge in [0.1, 0.15) is 0 Å². The minimum absolute atomic E-state index is 0.170. The van der Waals surface area contributed by atoms with Crippen LogP contribution in [0, 0.1) is 60.7 Å². The first-order chi connectivity index (χ1) is 26.7. The largest absolute Gasteiger partial charge is 0.459 e. The standard InChI is InChI=1S/C10H8F6O.C10H12.C5H2F6O.C4H8O.C3F6O.C3H6.C2H2/c11-9(12,13)8(17,10(14,15)16)7-4-5-1-2-6(7)3-5;1-2-9-7-4-5-8(6-7)10(9)3-1;1-2-3(12,4(6,7)8)5(9,10)11;1-2-4-5-3-1;4-2(5,6)1(10)3(7,8)9;1-2-3-1;1-2/h1-2,4-6,17H,3H2;1-2,4-5,7-10H,3,6H2;1,12H;1-4H2;;1-3H2;1-2H. The topological polar surface area (TPSA) is 66.8 Å². The Bertz CT molecular complexity index is 1490. The first-order valence-corrected chi connectivity index (χ1v) is 17.3. The van der Waals surface area contributed by atoms with Gasteiger partial charge in [0.05, 0.1) is 0 Å². The summed E-state index contributed by atoms with van der Waals surface area (Å²) in [5.41, 5.74) is -10.8. The molecular weight excluding hydrogens is 850 g/mol. The van der Waals surface area contributed by atoms with Gasteiger partial charge in [-0.2, -0.15) is 79.0 Å². The lowest BCUT2D eigenvalue weighted by Gasteiger charge is -2.35. The van der Waals surface area contributed by atoms with Crippen molar-refractivity contribution in [2.24, 2.45) is 35.5 Å². The summed E-state index contributed by atoms with van der Waals surface area (Å²) in [7, 11) is 0. The van der Waals surface area contributed by atoms with Crippen molar-refractivity contribution in [2.45, 2.75) is 99.6 Å². The number of allylic oxidation sites excluding steroid dienone is 7. The molecule has 0 aromatic carbocycles. The second-order valence-corrected chi connectivity index (χ2v) is 13.6. The van der Waals surface area contributed by atoms with Gasteiger partial charge in [-0.1, -0.05) is 67.7 Å². The van der Waals surface area contributed by atoms with Crippen molar-refractivity contribution in [1.29, 1.82) is 0 Å².